The molecule has 1 aromatic rings. The number of hydrogen-bond acceptors (Lipinski definition) is 1. The monoisotopic (exact) mass is 163 g/mol. The van der Waals surface area contributed by atoms with E-state index < -0.39 is 0 Å². The molecule has 0 aromatic carbocycles. The van der Waals surface area contributed by atoms with Crippen molar-refractivity contribution in [3.05, 3.63) is 29.6 Å². The Balaban J connectivity index is 2.92. The molecule has 1 heteroatoms. The van der Waals surface area contributed by atoms with E-state index in [-0.39, 0.29) is 0 Å². The first-order chi connectivity index (χ1) is 5.75. The molecule has 66 valence electrons. The minimum absolute atomic E-state index is 0.620. The van der Waals surface area contributed by atoms with Crippen molar-refractivity contribution in [1.82, 2.24) is 4.98 Å². The van der Waals surface area contributed by atoms with Gasteiger partial charge < -0.3 is 0 Å². The first-order valence-electron chi connectivity index (χ1n) is 4.68. The number of aryl methyl sites for hydroxylation is 1. The molecule has 0 saturated heterocycles. The highest BCUT2D eigenvalue weighted by atomic mass is 14.6. The number of hydrogen-bond donors (Lipinski definition) is 0. The van der Waals surface area contributed by atoms with Crippen LogP contribution in [0.3, 0.4) is 0 Å². The fraction of sp³-hybridized carbons (Fsp3) is 0.545. The van der Waals surface area contributed by atoms with Gasteiger partial charge in [-0.15, -0.1) is 0 Å². The Morgan fingerprint density at radius 3 is 2.75 bits per heavy atom. The van der Waals surface area contributed by atoms with E-state index in [0.717, 1.165) is 6.42 Å². The van der Waals surface area contributed by atoms with Crippen LogP contribution in [0, 0.1) is 0 Å². The van der Waals surface area contributed by atoms with Gasteiger partial charge in [0.05, 0.1) is 0 Å². The lowest BCUT2D eigenvalue weighted by Crippen LogP contribution is -1.96. The Bertz CT molecular complexity index is 241. The van der Waals surface area contributed by atoms with Gasteiger partial charge in [0.25, 0.3) is 0 Å². The van der Waals surface area contributed by atoms with Gasteiger partial charge in [-0.1, -0.05) is 27.2 Å². The summed E-state index contributed by atoms with van der Waals surface area (Å²) >= 11 is 0. The molecular weight excluding hydrogens is 146 g/mol. The van der Waals surface area contributed by atoms with Crippen molar-refractivity contribution in [2.45, 2.75) is 39.5 Å². The fourth-order valence-corrected chi connectivity index (χ4v) is 1.48. The van der Waals surface area contributed by atoms with Crippen LogP contribution in [0.2, 0.25) is 0 Å². The van der Waals surface area contributed by atoms with Crippen LogP contribution < -0.4 is 0 Å². The first kappa shape index (κ1) is 9.24. The Morgan fingerprint density at radius 1 is 1.42 bits per heavy atom. The zero-order valence-electron chi connectivity index (χ0n) is 8.17. The van der Waals surface area contributed by atoms with E-state index in [9.17, 15) is 0 Å². The average molecular weight is 163 g/mol. The van der Waals surface area contributed by atoms with Crippen LogP contribution in [0.1, 0.15) is 44.2 Å². The molecule has 1 rings (SSSR count). The van der Waals surface area contributed by atoms with Crippen LogP contribution in [0.5, 0.6) is 0 Å². The Labute approximate surface area is 74.8 Å². The van der Waals surface area contributed by atoms with Crippen molar-refractivity contribution in [1.29, 1.82) is 0 Å². The molecule has 0 aliphatic carbocycles. The molecule has 0 aliphatic rings. The first-order valence-corrected chi connectivity index (χ1v) is 4.68. The molecule has 1 nitrogen and oxygen atoms in total. The Hall–Kier alpha value is -0.850. The molecule has 0 radical (unpaired) electrons. The molecule has 0 fully saturated rings. The van der Waals surface area contributed by atoms with Crippen molar-refractivity contribution in [2.75, 3.05) is 0 Å². The summed E-state index contributed by atoms with van der Waals surface area (Å²) in [6, 6.07) is 2.13. The summed E-state index contributed by atoms with van der Waals surface area (Å²) in [7, 11) is 0. The van der Waals surface area contributed by atoms with Gasteiger partial charge in [0.2, 0.25) is 0 Å². The third kappa shape index (κ3) is 2.07. The SMILES string of the molecule is CCCc1cnccc1C(C)C. The van der Waals surface area contributed by atoms with Gasteiger partial charge in [0.1, 0.15) is 0 Å². The van der Waals surface area contributed by atoms with Crippen LogP contribution in [-0.2, 0) is 6.42 Å². The van der Waals surface area contributed by atoms with Gasteiger partial charge in [-0.2, -0.15) is 0 Å². The van der Waals surface area contributed by atoms with Gasteiger partial charge in [0.15, 0.2) is 0 Å². The van der Waals surface area contributed by atoms with E-state index in [2.05, 4.69) is 31.8 Å². The lowest BCUT2D eigenvalue weighted by molar-refractivity contribution is 0.814. The maximum absolute atomic E-state index is 4.15. The summed E-state index contributed by atoms with van der Waals surface area (Å²) in [5, 5.41) is 0. The fourth-order valence-electron chi connectivity index (χ4n) is 1.48. The number of pyridine rings is 1. The molecule has 0 N–H and O–H groups in total. The highest BCUT2D eigenvalue weighted by molar-refractivity contribution is 5.26. The lowest BCUT2D eigenvalue weighted by Gasteiger charge is -2.10. The van der Waals surface area contributed by atoms with E-state index in [1.165, 1.54) is 17.5 Å². The Kier molecular flexibility index (Phi) is 3.27. The second-order valence-corrected chi connectivity index (χ2v) is 3.48. The van der Waals surface area contributed by atoms with Gasteiger partial charge >= 0.3 is 0 Å². The smallest absolute Gasteiger partial charge is 0.0302 e. The third-order valence-corrected chi connectivity index (χ3v) is 2.08. The molecule has 0 unspecified atom stereocenters. The second-order valence-electron chi connectivity index (χ2n) is 3.48. The van der Waals surface area contributed by atoms with Gasteiger partial charge in [-0.3, -0.25) is 4.98 Å². The number of aromatic nitrogens is 1. The quantitative estimate of drug-likeness (QED) is 0.667. The van der Waals surface area contributed by atoms with Crippen molar-refractivity contribution in [3.8, 4) is 0 Å². The molecule has 12 heavy (non-hydrogen) atoms. The molecule has 0 aliphatic heterocycles. The summed E-state index contributed by atoms with van der Waals surface area (Å²) in [6.45, 7) is 6.67. The predicted molar refractivity (Wildman–Crippen MR) is 52.3 cm³/mol. The number of nitrogens with zero attached hydrogens (tertiary/aromatic N) is 1. The molecular formula is C11H17N. The van der Waals surface area contributed by atoms with Gasteiger partial charge in [-0.25, -0.2) is 0 Å². The normalized spacial score (nSPS) is 10.7. The maximum atomic E-state index is 4.15. The summed E-state index contributed by atoms with van der Waals surface area (Å²) in [6.07, 6.45) is 6.24. The zero-order chi connectivity index (χ0) is 8.97. The molecule has 1 aromatic heterocycles. The van der Waals surface area contributed by atoms with Gasteiger partial charge in [0, 0.05) is 12.4 Å². The largest absolute Gasteiger partial charge is 0.264 e. The average Bonchev–Trinajstić information content (AvgIpc) is 2.05. The standard InChI is InChI=1S/C11H17N/c1-4-5-10-8-12-7-6-11(10)9(2)3/h6-9H,4-5H2,1-3H3. The van der Waals surface area contributed by atoms with Crippen molar-refractivity contribution >= 4 is 0 Å². The zero-order valence-corrected chi connectivity index (χ0v) is 8.17. The lowest BCUT2D eigenvalue weighted by atomic mass is 9.97. The highest BCUT2D eigenvalue weighted by Crippen LogP contribution is 2.18. The molecule has 0 amide bonds. The van der Waals surface area contributed by atoms with Crippen LogP contribution in [-0.4, -0.2) is 4.98 Å². The molecule has 0 bridgehead atoms. The molecule has 0 atom stereocenters. The molecule has 0 saturated carbocycles. The van der Waals surface area contributed by atoms with E-state index in [1.807, 2.05) is 12.4 Å². The second kappa shape index (κ2) is 4.24. The van der Waals surface area contributed by atoms with E-state index in [4.69, 9.17) is 0 Å². The van der Waals surface area contributed by atoms with Crippen molar-refractivity contribution < 1.29 is 0 Å². The summed E-state index contributed by atoms with van der Waals surface area (Å²) in [5.41, 5.74) is 2.86. The van der Waals surface area contributed by atoms with Crippen molar-refractivity contribution in [3.63, 3.8) is 0 Å². The minimum atomic E-state index is 0.620. The predicted octanol–water partition coefficient (Wildman–Crippen LogP) is 3.16. The highest BCUT2D eigenvalue weighted by Gasteiger charge is 2.04. The van der Waals surface area contributed by atoms with Crippen LogP contribution in [0.4, 0.5) is 0 Å². The topological polar surface area (TPSA) is 12.9 Å². The third-order valence-electron chi connectivity index (χ3n) is 2.08. The minimum Gasteiger partial charge on any atom is -0.264 e. The summed E-state index contributed by atoms with van der Waals surface area (Å²) in [5.74, 6) is 0.620. The van der Waals surface area contributed by atoms with Crippen LogP contribution in [0.25, 0.3) is 0 Å². The van der Waals surface area contributed by atoms with Crippen LogP contribution >= 0.6 is 0 Å². The maximum Gasteiger partial charge on any atom is 0.0302 e. The number of rotatable bonds is 3. The summed E-state index contributed by atoms with van der Waals surface area (Å²) in [4.78, 5) is 4.15. The van der Waals surface area contributed by atoms with Gasteiger partial charge in [-0.05, 0) is 29.5 Å². The Morgan fingerprint density at radius 2 is 2.17 bits per heavy atom. The van der Waals surface area contributed by atoms with Crippen LogP contribution in [0.15, 0.2) is 18.5 Å². The van der Waals surface area contributed by atoms with E-state index in [1.54, 1.807) is 0 Å². The summed E-state index contributed by atoms with van der Waals surface area (Å²) < 4.78 is 0. The van der Waals surface area contributed by atoms with Crippen molar-refractivity contribution in [2.24, 2.45) is 0 Å². The van der Waals surface area contributed by atoms with E-state index >= 15 is 0 Å². The molecule has 0 spiro atoms. The van der Waals surface area contributed by atoms with E-state index in [0.29, 0.717) is 5.92 Å². The molecule has 1 heterocycles.